The maximum atomic E-state index is 12.5. The molecule has 1 saturated carbocycles. The van der Waals surface area contributed by atoms with Gasteiger partial charge in [-0.05, 0) is 42.7 Å². The van der Waals surface area contributed by atoms with Gasteiger partial charge >= 0.3 is 0 Å². The molecule has 3 atom stereocenters. The summed E-state index contributed by atoms with van der Waals surface area (Å²) in [7, 11) is 0. The molecule has 2 fully saturated rings. The molecule has 2 heterocycles. The van der Waals surface area contributed by atoms with Crippen molar-refractivity contribution >= 4 is 5.91 Å². The van der Waals surface area contributed by atoms with Gasteiger partial charge in [-0.3, -0.25) is 9.48 Å². The Bertz CT molecular complexity index is 714. The van der Waals surface area contributed by atoms with E-state index in [1.165, 1.54) is 5.56 Å². The van der Waals surface area contributed by atoms with Gasteiger partial charge in [0.25, 0.3) is 0 Å². The van der Waals surface area contributed by atoms with E-state index in [1.54, 1.807) is 10.9 Å². The van der Waals surface area contributed by atoms with Crippen LogP contribution >= 0.6 is 0 Å². The SMILES string of the molecule is Cc1cnn(CC(=O)N2C[C@H]3CC(OCc4ccccc4)C[C@H]3C2)c1. The maximum absolute atomic E-state index is 12.5. The van der Waals surface area contributed by atoms with Gasteiger partial charge in [-0.2, -0.15) is 5.10 Å². The number of likely N-dealkylation sites (tertiary alicyclic amines) is 1. The lowest BCUT2D eigenvalue weighted by atomic mass is 10.0. The molecule has 1 unspecified atom stereocenters. The topological polar surface area (TPSA) is 47.4 Å². The summed E-state index contributed by atoms with van der Waals surface area (Å²) in [5.41, 5.74) is 2.32. The fraction of sp³-hybridized carbons (Fsp3) is 0.500. The summed E-state index contributed by atoms with van der Waals surface area (Å²) >= 11 is 0. The number of benzene rings is 1. The van der Waals surface area contributed by atoms with Gasteiger partial charge in [0.15, 0.2) is 0 Å². The average Bonchev–Trinajstić information content (AvgIpc) is 3.28. The number of carbonyl (C=O) groups is 1. The van der Waals surface area contributed by atoms with Gasteiger partial charge in [0.05, 0.1) is 18.9 Å². The smallest absolute Gasteiger partial charge is 0.244 e. The molecule has 25 heavy (non-hydrogen) atoms. The molecule has 2 aromatic rings. The minimum atomic E-state index is 0.180. The van der Waals surface area contributed by atoms with Gasteiger partial charge in [-0.1, -0.05) is 30.3 Å². The van der Waals surface area contributed by atoms with E-state index in [2.05, 4.69) is 17.2 Å². The van der Waals surface area contributed by atoms with Crippen LogP contribution in [0.15, 0.2) is 42.7 Å². The van der Waals surface area contributed by atoms with Gasteiger partial charge in [0.1, 0.15) is 6.54 Å². The van der Waals surface area contributed by atoms with Crippen LogP contribution in [0.1, 0.15) is 24.0 Å². The quantitative estimate of drug-likeness (QED) is 0.841. The number of carbonyl (C=O) groups excluding carboxylic acids is 1. The Balaban J connectivity index is 1.25. The van der Waals surface area contributed by atoms with E-state index in [-0.39, 0.29) is 5.91 Å². The number of nitrogens with zero attached hydrogens (tertiary/aromatic N) is 3. The lowest BCUT2D eigenvalue weighted by Crippen LogP contribution is -2.33. The van der Waals surface area contributed by atoms with Crippen molar-refractivity contribution in [2.45, 2.75) is 39.0 Å². The Morgan fingerprint density at radius 1 is 1.20 bits per heavy atom. The summed E-state index contributed by atoms with van der Waals surface area (Å²) in [6.07, 6.45) is 6.19. The highest BCUT2D eigenvalue weighted by Gasteiger charge is 2.42. The molecule has 1 aromatic heterocycles. The van der Waals surface area contributed by atoms with Crippen LogP contribution in [0.5, 0.6) is 0 Å². The van der Waals surface area contributed by atoms with Crippen LogP contribution in [0.2, 0.25) is 0 Å². The molecule has 1 aliphatic heterocycles. The summed E-state index contributed by atoms with van der Waals surface area (Å²) in [6, 6.07) is 10.3. The minimum absolute atomic E-state index is 0.180. The van der Waals surface area contributed by atoms with Gasteiger partial charge in [0.2, 0.25) is 5.91 Å². The van der Waals surface area contributed by atoms with Crippen LogP contribution < -0.4 is 0 Å². The van der Waals surface area contributed by atoms with E-state index in [1.807, 2.05) is 36.2 Å². The monoisotopic (exact) mass is 339 g/mol. The number of amides is 1. The highest BCUT2D eigenvalue weighted by Crippen LogP contribution is 2.39. The van der Waals surface area contributed by atoms with Crippen LogP contribution in [0.4, 0.5) is 0 Å². The molecule has 5 nitrogen and oxygen atoms in total. The number of aromatic nitrogens is 2. The largest absolute Gasteiger partial charge is 0.374 e. The maximum Gasteiger partial charge on any atom is 0.244 e. The number of hydrogen-bond acceptors (Lipinski definition) is 3. The summed E-state index contributed by atoms with van der Waals surface area (Å²) in [5, 5.41) is 4.21. The van der Waals surface area contributed by atoms with Gasteiger partial charge in [-0.15, -0.1) is 0 Å². The normalized spacial score (nSPS) is 25.3. The highest BCUT2D eigenvalue weighted by molar-refractivity contribution is 5.76. The Morgan fingerprint density at radius 2 is 1.92 bits per heavy atom. The first-order chi connectivity index (χ1) is 12.2. The van der Waals surface area contributed by atoms with Crippen LogP contribution in [-0.2, 0) is 22.7 Å². The third-order valence-electron chi connectivity index (χ3n) is 5.45. The highest BCUT2D eigenvalue weighted by atomic mass is 16.5. The molecule has 0 radical (unpaired) electrons. The zero-order valence-corrected chi connectivity index (χ0v) is 14.7. The van der Waals surface area contributed by atoms with E-state index in [4.69, 9.17) is 4.74 Å². The Hall–Kier alpha value is -2.14. The van der Waals surface area contributed by atoms with E-state index in [9.17, 15) is 4.79 Å². The second-order valence-electron chi connectivity index (χ2n) is 7.42. The third kappa shape index (κ3) is 3.76. The van der Waals surface area contributed by atoms with E-state index >= 15 is 0 Å². The molecule has 2 aliphatic rings. The van der Waals surface area contributed by atoms with Crippen molar-refractivity contribution < 1.29 is 9.53 Å². The zero-order valence-electron chi connectivity index (χ0n) is 14.7. The van der Waals surface area contributed by atoms with Gasteiger partial charge < -0.3 is 9.64 Å². The number of hydrogen-bond donors (Lipinski definition) is 0. The molecule has 1 aliphatic carbocycles. The number of rotatable bonds is 5. The number of aryl methyl sites for hydroxylation is 1. The molecular formula is C20H25N3O2. The van der Waals surface area contributed by atoms with Crippen molar-refractivity contribution in [2.24, 2.45) is 11.8 Å². The van der Waals surface area contributed by atoms with Crippen LogP contribution in [0, 0.1) is 18.8 Å². The summed E-state index contributed by atoms with van der Waals surface area (Å²) in [5.74, 6) is 1.35. The molecule has 4 rings (SSSR count). The molecule has 1 saturated heterocycles. The lowest BCUT2D eigenvalue weighted by Gasteiger charge is -2.19. The van der Waals surface area contributed by atoms with Crippen molar-refractivity contribution in [3.05, 3.63) is 53.9 Å². The second-order valence-corrected chi connectivity index (χ2v) is 7.42. The number of ether oxygens (including phenoxy) is 1. The molecule has 1 amide bonds. The predicted octanol–water partition coefficient (Wildman–Crippen LogP) is 2.65. The zero-order chi connectivity index (χ0) is 17.2. The Labute approximate surface area is 148 Å². The van der Waals surface area contributed by atoms with E-state index in [0.29, 0.717) is 31.1 Å². The first kappa shape index (κ1) is 16.3. The van der Waals surface area contributed by atoms with Crippen molar-refractivity contribution in [3.8, 4) is 0 Å². The van der Waals surface area contributed by atoms with Crippen LogP contribution in [0.25, 0.3) is 0 Å². The Kier molecular flexibility index (Phi) is 4.57. The van der Waals surface area contributed by atoms with Gasteiger partial charge in [-0.25, -0.2) is 0 Å². The molecule has 0 spiro atoms. The third-order valence-corrected chi connectivity index (χ3v) is 5.45. The molecule has 1 aromatic carbocycles. The van der Waals surface area contributed by atoms with Crippen LogP contribution in [-0.4, -0.2) is 39.8 Å². The molecule has 0 bridgehead atoms. The van der Waals surface area contributed by atoms with Crippen molar-refractivity contribution in [3.63, 3.8) is 0 Å². The number of fused-ring (bicyclic) bond motifs is 1. The molecule has 5 heteroatoms. The summed E-state index contributed by atoms with van der Waals surface area (Å²) in [4.78, 5) is 14.5. The molecular weight excluding hydrogens is 314 g/mol. The molecule has 132 valence electrons. The first-order valence-electron chi connectivity index (χ1n) is 9.10. The predicted molar refractivity (Wildman–Crippen MR) is 94.8 cm³/mol. The standard InChI is InChI=1S/C20H25N3O2/c1-15-9-21-23(10-15)13-20(24)22-11-17-7-19(8-18(17)12-22)25-14-16-5-3-2-4-6-16/h2-6,9-10,17-19H,7-8,11-14H2,1H3/t17-,18+,19?. The van der Waals surface area contributed by atoms with Gasteiger partial charge in [0, 0.05) is 19.3 Å². The van der Waals surface area contributed by atoms with Crippen molar-refractivity contribution in [1.82, 2.24) is 14.7 Å². The minimum Gasteiger partial charge on any atom is -0.374 e. The second kappa shape index (κ2) is 7.00. The molecule has 0 N–H and O–H groups in total. The van der Waals surface area contributed by atoms with Crippen LogP contribution in [0.3, 0.4) is 0 Å². The fourth-order valence-electron chi connectivity index (χ4n) is 4.16. The fourth-order valence-corrected chi connectivity index (χ4v) is 4.16. The lowest BCUT2D eigenvalue weighted by molar-refractivity contribution is -0.131. The average molecular weight is 339 g/mol. The first-order valence-corrected chi connectivity index (χ1v) is 9.10. The van der Waals surface area contributed by atoms with Crippen molar-refractivity contribution in [1.29, 1.82) is 0 Å². The van der Waals surface area contributed by atoms with Crippen molar-refractivity contribution in [2.75, 3.05) is 13.1 Å². The van der Waals surface area contributed by atoms with E-state index in [0.717, 1.165) is 31.5 Å². The summed E-state index contributed by atoms with van der Waals surface area (Å²) < 4.78 is 7.84. The summed E-state index contributed by atoms with van der Waals surface area (Å²) in [6.45, 7) is 4.77. The Morgan fingerprint density at radius 3 is 2.56 bits per heavy atom. The van der Waals surface area contributed by atoms with E-state index < -0.39 is 0 Å².